The van der Waals surface area contributed by atoms with Gasteiger partial charge >= 0.3 is 0 Å². The van der Waals surface area contributed by atoms with Crippen LogP contribution in [0.25, 0.3) is 0 Å². The molecule has 0 aliphatic rings. The molecule has 0 unspecified atom stereocenters. The Labute approximate surface area is 125 Å². The van der Waals surface area contributed by atoms with Gasteiger partial charge in [-0.1, -0.05) is 59.7 Å². The molecular weight excluding hydrogens is 264 g/mol. The van der Waals surface area contributed by atoms with Crippen LogP contribution >= 0.6 is 0 Å². The average Bonchev–Trinajstić information content (AvgIpc) is 2.51. The molecule has 0 N–H and O–H groups in total. The number of carbonyl (C=O) groups is 1. The average molecular weight is 284 g/mol. The molecule has 0 spiro atoms. The maximum absolute atomic E-state index is 12.9. The van der Waals surface area contributed by atoms with Crippen molar-refractivity contribution in [3.05, 3.63) is 70.8 Å². The van der Waals surface area contributed by atoms with E-state index in [-0.39, 0.29) is 5.78 Å². The fraction of sp³-hybridized carbons (Fsp3) is 0.278. The lowest BCUT2D eigenvalue weighted by atomic mass is 9.94. The summed E-state index contributed by atoms with van der Waals surface area (Å²) in [4.78, 5) is 12.9. The van der Waals surface area contributed by atoms with Crippen LogP contribution in [0.4, 0.5) is 0 Å². The molecular formula is C18H20O3. The minimum atomic E-state index is -1.41. The normalized spacial score (nSPS) is 11.4. The molecule has 0 bridgehead atoms. The standard InChI is InChI=1S/C18H20O3/c1-13-5-9-15(10-6-13)17(19)18(20-3,21-4)16-11-7-14(2)8-12-16/h5-12H,1-4H3. The Hall–Kier alpha value is -1.97. The van der Waals surface area contributed by atoms with Gasteiger partial charge in [-0.3, -0.25) is 4.79 Å². The number of Topliss-reactive ketones (excluding diaryl/α,β-unsaturated/α-hetero) is 1. The van der Waals surface area contributed by atoms with E-state index in [0.29, 0.717) is 11.1 Å². The summed E-state index contributed by atoms with van der Waals surface area (Å²) in [5.41, 5.74) is 3.46. The van der Waals surface area contributed by atoms with E-state index < -0.39 is 5.79 Å². The molecule has 0 atom stereocenters. The van der Waals surface area contributed by atoms with E-state index in [1.807, 2.05) is 50.2 Å². The van der Waals surface area contributed by atoms with Crippen LogP contribution in [0.5, 0.6) is 0 Å². The number of aryl methyl sites for hydroxylation is 2. The minimum Gasteiger partial charge on any atom is -0.343 e. The number of carbonyl (C=O) groups excluding carboxylic acids is 1. The molecule has 2 aromatic rings. The van der Waals surface area contributed by atoms with Crippen LogP contribution in [0.15, 0.2) is 48.5 Å². The van der Waals surface area contributed by atoms with Crippen LogP contribution in [0.2, 0.25) is 0 Å². The van der Waals surface area contributed by atoms with E-state index >= 15 is 0 Å². The molecule has 2 rings (SSSR count). The Morgan fingerprint density at radius 1 is 0.810 bits per heavy atom. The highest BCUT2D eigenvalue weighted by molar-refractivity contribution is 6.02. The van der Waals surface area contributed by atoms with Gasteiger partial charge in [0, 0.05) is 25.3 Å². The van der Waals surface area contributed by atoms with Crippen molar-refractivity contribution in [3.8, 4) is 0 Å². The van der Waals surface area contributed by atoms with Gasteiger partial charge in [0.25, 0.3) is 5.79 Å². The van der Waals surface area contributed by atoms with Crippen LogP contribution in [0.1, 0.15) is 27.0 Å². The molecule has 3 nitrogen and oxygen atoms in total. The van der Waals surface area contributed by atoms with Gasteiger partial charge < -0.3 is 9.47 Å². The highest BCUT2D eigenvalue weighted by atomic mass is 16.7. The van der Waals surface area contributed by atoms with Gasteiger partial charge in [0.1, 0.15) is 0 Å². The molecule has 0 radical (unpaired) electrons. The van der Waals surface area contributed by atoms with Gasteiger partial charge in [-0.2, -0.15) is 0 Å². The summed E-state index contributed by atoms with van der Waals surface area (Å²) in [6.07, 6.45) is 0. The molecule has 21 heavy (non-hydrogen) atoms. The number of rotatable bonds is 5. The van der Waals surface area contributed by atoms with Gasteiger partial charge in [-0.15, -0.1) is 0 Å². The number of hydrogen-bond acceptors (Lipinski definition) is 3. The number of benzene rings is 2. The summed E-state index contributed by atoms with van der Waals surface area (Å²) in [5.74, 6) is -1.63. The van der Waals surface area contributed by atoms with Gasteiger partial charge in [0.05, 0.1) is 0 Å². The molecule has 0 amide bonds. The first-order valence-electron chi connectivity index (χ1n) is 6.82. The summed E-state index contributed by atoms with van der Waals surface area (Å²) in [5, 5.41) is 0. The lowest BCUT2D eigenvalue weighted by Gasteiger charge is -2.29. The lowest BCUT2D eigenvalue weighted by molar-refractivity contribution is -0.176. The Kier molecular flexibility index (Phi) is 4.56. The van der Waals surface area contributed by atoms with Crippen molar-refractivity contribution in [1.82, 2.24) is 0 Å². The zero-order valence-electron chi connectivity index (χ0n) is 12.8. The SMILES string of the molecule is COC(OC)(C(=O)c1ccc(C)cc1)c1ccc(C)cc1. The second-order valence-electron chi connectivity index (χ2n) is 5.09. The predicted octanol–water partition coefficient (Wildman–Crippen LogP) is 3.63. The molecule has 0 fully saturated rings. The Balaban J connectivity index is 2.48. The van der Waals surface area contributed by atoms with E-state index in [0.717, 1.165) is 11.1 Å². The first-order chi connectivity index (χ1) is 10.0. The highest BCUT2D eigenvalue weighted by Gasteiger charge is 2.41. The molecule has 0 aliphatic heterocycles. The summed E-state index contributed by atoms with van der Waals surface area (Å²) < 4.78 is 11.0. The van der Waals surface area contributed by atoms with Crippen LogP contribution in [-0.2, 0) is 15.3 Å². The Bertz CT molecular complexity index is 608. The third-order valence-corrected chi connectivity index (χ3v) is 3.62. The van der Waals surface area contributed by atoms with Crippen LogP contribution in [0, 0.1) is 13.8 Å². The summed E-state index contributed by atoms with van der Waals surface area (Å²) in [6.45, 7) is 3.97. The van der Waals surface area contributed by atoms with E-state index in [9.17, 15) is 4.79 Å². The topological polar surface area (TPSA) is 35.5 Å². The molecule has 0 aromatic heterocycles. The van der Waals surface area contributed by atoms with Gasteiger partial charge in [-0.25, -0.2) is 0 Å². The van der Waals surface area contributed by atoms with Gasteiger partial charge in [0.15, 0.2) is 0 Å². The zero-order chi connectivity index (χ0) is 15.5. The maximum atomic E-state index is 12.9. The molecule has 0 aliphatic carbocycles. The van der Waals surface area contributed by atoms with Gasteiger partial charge in [-0.05, 0) is 13.8 Å². The molecule has 0 saturated heterocycles. The van der Waals surface area contributed by atoms with Crippen molar-refractivity contribution in [2.45, 2.75) is 19.6 Å². The van der Waals surface area contributed by atoms with Crippen LogP contribution < -0.4 is 0 Å². The highest BCUT2D eigenvalue weighted by Crippen LogP contribution is 2.30. The third-order valence-electron chi connectivity index (χ3n) is 3.62. The monoisotopic (exact) mass is 284 g/mol. The predicted molar refractivity (Wildman–Crippen MR) is 82.4 cm³/mol. The first-order valence-corrected chi connectivity index (χ1v) is 6.82. The summed E-state index contributed by atoms with van der Waals surface area (Å²) in [6, 6.07) is 15.0. The molecule has 3 heteroatoms. The molecule has 0 heterocycles. The van der Waals surface area contributed by atoms with Crippen molar-refractivity contribution >= 4 is 5.78 Å². The number of methoxy groups -OCH3 is 2. The van der Waals surface area contributed by atoms with Crippen molar-refractivity contribution < 1.29 is 14.3 Å². The van der Waals surface area contributed by atoms with Crippen LogP contribution in [0.3, 0.4) is 0 Å². The zero-order valence-corrected chi connectivity index (χ0v) is 12.8. The number of hydrogen-bond donors (Lipinski definition) is 0. The van der Waals surface area contributed by atoms with Crippen molar-refractivity contribution in [3.63, 3.8) is 0 Å². The van der Waals surface area contributed by atoms with E-state index in [4.69, 9.17) is 9.47 Å². The molecule has 0 saturated carbocycles. The van der Waals surface area contributed by atoms with E-state index in [2.05, 4.69) is 0 Å². The molecule has 2 aromatic carbocycles. The fourth-order valence-electron chi connectivity index (χ4n) is 2.30. The molecule has 110 valence electrons. The van der Waals surface area contributed by atoms with Crippen molar-refractivity contribution in [1.29, 1.82) is 0 Å². The Morgan fingerprint density at radius 2 is 1.24 bits per heavy atom. The lowest BCUT2D eigenvalue weighted by Crippen LogP contribution is -2.40. The third kappa shape index (κ3) is 2.89. The fourth-order valence-corrected chi connectivity index (χ4v) is 2.30. The van der Waals surface area contributed by atoms with Gasteiger partial charge in [0.2, 0.25) is 5.78 Å². The minimum absolute atomic E-state index is 0.212. The second kappa shape index (κ2) is 6.20. The van der Waals surface area contributed by atoms with Crippen LogP contribution in [-0.4, -0.2) is 20.0 Å². The first kappa shape index (κ1) is 15.4. The summed E-state index contributed by atoms with van der Waals surface area (Å²) in [7, 11) is 2.96. The van der Waals surface area contributed by atoms with E-state index in [1.165, 1.54) is 14.2 Å². The van der Waals surface area contributed by atoms with E-state index in [1.54, 1.807) is 12.1 Å². The maximum Gasteiger partial charge on any atom is 0.260 e. The number of ketones is 1. The Morgan fingerprint density at radius 3 is 1.67 bits per heavy atom. The largest absolute Gasteiger partial charge is 0.343 e. The van der Waals surface area contributed by atoms with Crippen molar-refractivity contribution in [2.24, 2.45) is 0 Å². The number of ether oxygens (including phenoxy) is 2. The smallest absolute Gasteiger partial charge is 0.260 e. The quantitative estimate of drug-likeness (QED) is 0.621. The summed E-state index contributed by atoms with van der Waals surface area (Å²) >= 11 is 0. The van der Waals surface area contributed by atoms with Crippen molar-refractivity contribution in [2.75, 3.05) is 14.2 Å². The second-order valence-corrected chi connectivity index (χ2v) is 5.09.